The third kappa shape index (κ3) is 4.33. The average Bonchev–Trinajstić information content (AvgIpc) is 3.07. The van der Waals surface area contributed by atoms with Crippen LogP contribution in [0.4, 0.5) is 0 Å². The van der Waals surface area contributed by atoms with Crippen molar-refractivity contribution >= 4 is 5.96 Å². The lowest BCUT2D eigenvalue weighted by molar-refractivity contribution is 0.0154. The molecule has 0 aromatic carbocycles. The molecule has 4 heterocycles. The molecule has 1 aromatic rings. The highest BCUT2D eigenvalue weighted by atomic mass is 16.5. The average molecular weight is 348 g/mol. The monoisotopic (exact) mass is 348 g/mol. The van der Waals surface area contributed by atoms with E-state index in [1.54, 1.807) is 0 Å². The standard InChI is InChI=1S/C18H32N6O/c1-4-16-15(17(5-2)25-22-16)12-21-18(19-6-3)20-11-14-13-23-7-9-24(14)10-8-23/h14H,4-13H2,1-3H3,(H2,19,20,21). The summed E-state index contributed by atoms with van der Waals surface area (Å²) in [5.74, 6) is 1.84. The van der Waals surface area contributed by atoms with Gasteiger partial charge in [-0.2, -0.15) is 0 Å². The highest BCUT2D eigenvalue weighted by Gasteiger charge is 2.31. The lowest BCUT2D eigenvalue weighted by Crippen LogP contribution is -2.63. The Hall–Kier alpha value is -1.60. The predicted octanol–water partition coefficient (Wildman–Crippen LogP) is 0.854. The number of aryl methyl sites for hydroxylation is 2. The first-order chi connectivity index (χ1) is 12.2. The molecule has 0 spiro atoms. The largest absolute Gasteiger partial charge is 0.361 e. The van der Waals surface area contributed by atoms with Crippen molar-refractivity contribution in [1.29, 1.82) is 0 Å². The molecule has 4 rings (SSSR count). The van der Waals surface area contributed by atoms with Crippen LogP contribution in [0.3, 0.4) is 0 Å². The van der Waals surface area contributed by atoms with Crippen molar-refractivity contribution in [3.05, 3.63) is 17.0 Å². The Morgan fingerprint density at radius 2 is 1.96 bits per heavy atom. The molecule has 1 unspecified atom stereocenters. The first kappa shape index (κ1) is 18.2. The maximum atomic E-state index is 5.44. The molecule has 25 heavy (non-hydrogen) atoms. The number of aromatic nitrogens is 1. The van der Waals surface area contributed by atoms with E-state index in [4.69, 9.17) is 9.52 Å². The van der Waals surface area contributed by atoms with E-state index < -0.39 is 0 Å². The SMILES string of the molecule is CCNC(=NCc1c(CC)noc1CC)NCC1CN2CCN1CC2. The molecule has 3 aliphatic rings. The van der Waals surface area contributed by atoms with E-state index in [9.17, 15) is 0 Å². The van der Waals surface area contributed by atoms with Gasteiger partial charge in [0.2, 0.25) is 0 Å². The van der Waals surface area contributed by atoms with Crippen LogP contribution in [0, 0.1) is 0 Å². The van der Waals surface area contributed by atoms with Crippen LogP contribution in [0.1, 0.15) is 37.8 Å². The van der Waals surface area contributed by atoms with Gasteiger partial charge in [0.1, 0.15) is 5.76 Å². The lowest BCUT2D eigenvalue weighted by Gasteiger charge is -2.47. The number of hydrogen-bond acceptors (Lipinski definition) is 5. The van der Waals surface area contributed by atoms with Gasteiger partial charge in [0.05, 0.1) is 12.2 Å². The molecule has 7 heteroatoms. The fraction of sp³-hybridized carbons (Fsp3) is 0.778. The van der Waals surface area contributed by atoms with Crippen LogP contribution in [0.25, 0.3) is 0 Å². The molecule has 7 nitrogen and oxygen atoms in total. The molecule has 0 amide bonds. The van der Waals surface area contributed by atoms with Gasteiger partial charge in [-0.3, -0.25) is 9.80 Å². The van der Waals surface area contributed by atoms with Crippen LogP contribution in [-0.2, 0) is 19.4 Å². The van der Waals surface area contributed by atoms with Crippen molar-refractivity contribution in [1.82, 2.24) is 25.6 Å². The van der Waals surface area contributed by atoms with E-state index in [2.05, 4.69) is 46.4 Å². The Morgan fingerprint density at radius 3 is 2.56 bits per heavy atom. The number of hydrogen-bond donors (Lipinski definition) is 2. The van der Waals surface area contributed by atoms with Gasteiger partial charge in [-0.15, -0.1) is 0 Å². The van der Waals surface area contributed by atoms with Crippen molar-refractivity contribution in [3.63, 3.8) is 0 Å². The van der Waals surface area contributed by atoms with E-state index in [-0.39, 0.29) is 0 Å². The van der Waals surface area contributed by atoms with Crippen molar-refractivity contribution in [2.75, 3.05) is 45.8 Å². The second kappa shape index (κ2) is 8.67. The van der Waals surface area contributed by atoms with Crippen LogP contribution in [0.2, 0.25) is 0 Å². The van der Waals surface area contributed by atoms with E-state index in [0.717, 1.165) is 55.5 Å². The third-order valence-electron chi connectivity index (χ3n) is 5.24. The number of rotatable bonds is 7. The Morgan fingerprint density at radius 1 is 1.16 bits per heavy atom. The molecular weight excluding hydrogens is 316 g/mol. The molecule has 3 aliphatic heterocycles. The summed E-state index contributed by atoms with van der Waals surface area (Å²) in [5.41, 5.74) is 2.17. The van der Waals surface area contributed by atoms with Gasteiger partial charge in [-0.1, -0.05) is 19.0 Å². The smallest absolute Gasteiger partial charge is 0.191 e. The molecule has 1 atom stereocenters. The molecule has 2 bridgehead atoms. The Kier molecular flexibility index (Phi) is 6.31. The number of nitrogens with one attached hydrogen (secondary N) is 2. The maximum Gasteiger partial charge on any atom is 0.191 e. The summed E-state index contributed by atoms with van der Waals surface area (Å²) in [4.78, 5) is 9.94. The first-order valence-corrected chi connectivity index (χ1v) is 9.70. The Bertz CT molecular complexity index is 555. The van der Waals surface area contributed by atoms with Crippen molar-refractivity contribution in [3.8, 4) is 0 Å². The van der Waals surface area contributed by atoms with E-state index in [0.29, 0.717) is 12.6 Å². The molecule has 3 saturated heterocycles. The van der Waals surface area contributed by atoms with Crippen LogP contribution in [0.15, 0.2) is 9.52 Å². The van der Waals surface area contributed by atoms with Gasteiger partial charge >= 0.3 is 0 Å². The van der Waals surface area contributed by atoms with Crippen molar-refractivity contribution in [2.45, 2.75) is 46.2 Å². The second-order valence-electron chi connectivity index (χ2n) is 6.80. The van der Waals surface area contributed by atoms with Gasteiger partial charge in [0.15, 0.2) is 5.96 Å². The Labute approximate surface area is 150 Å². The minimum atomic E-state index is 0.583. The fourth-order valence-electron chi connectivity index (χ4n) is 3.75. The van der Waals surface area contributed by atoms with Gasteiger partial charge in [0, 0.05) is 63.8 Å². The molecule has 3 fully saturated rings. The summed E-state index contributed by atoms with van der Waals surface area (Å²) in [6.07, 6.45) is 1.74. The summed E-state index contributed by atoms with van der Waals surface area (Å²) in [7, 11) is 0. The van der Waals surface area contributed by atoms with Crippen LogP contribution in [-0.4, -0.2) is 72.8 Å². The van der Waals surface area contributed by atoms with Gasteiger partial charge in [0.25, 0.3) is 0 Å². The van der Waals surface area contributed by atoms with Gasteiger partial charge < -0.3 is 15.2 Å². The van der Waals surface area contributed by atoms with Gasteiger partial charge in [-0.05, 0) is 13.3 Å². The second-order valence-corrected chi connectivity index (χ2v) is 6.80. The molecule has 0 aliphatic carbocycles. The minimum absolute atomic E-state index is 0.583. The van der Waals surface area contributed by atoms with Gasteiger partial charge in [-0.25, -0.2) is 4.99 Å². The molecule has 1 aromatic heterocycles. The molecule has 0 saturated carbocycles. The minimum Gasteiger partial charge on any atom is -0.361 e. The highest BCUT2D eigenvalue weighted by molar-refractivity contribution is 5.79. The van der Waals surface area contributed by atoms with E-state index in [1.165, 1.54) is 26.2 Å². The zero-order valence-electron chi connectivity index (χ0n) is 15.8. The molecule has 0 radical (unpaired) electrons. The summed E-state index contributed by atoms with van der Waals surface area (Å²) in [6.45, 7) is 14.7. The van der Waals surface area contributed by atoms with Crippen LogP contribution in [0.5, 0.6) is 0 Å². The highest BCUT2D eigenvalue weighted by Crippen LogP contribution is 2.17. The van der Waals surface area contributed by atoms with Crippen LogP contribution >= 0.6 is 0 Å². The third-order valence-corrected chi connectivity index (χ3v) is 5.24. The van der Waals surface area contributed by atoms with Crippen LogP contribution < -0.4 is 10.6 Å². The number of aliphatic imine (C=N–C) groups is 1. The Balaban J connectivity index is 1.60. The summed E-state index contributed by atoms with van der Waals surface area (Å²) in [6, 6.07) is 0.583. The number of fused-ring (bicyclic) bond motifs is 3. The predicted molar refractivity (Wildman–Crippen MR) is 99.9 cm³/mol. The molecule has 2 N–H and O–H groups in total. The summed E-state index contributed by atoms with van der Waals surface area (Å²) >= 11 is 0. The fourth-order valence-corrected chi connectivity index (χ4v) is 3.75. The van der Waals surface area contributed by atoms with Crippen molar-refractivity contribution < 1.29 is 4.52 Å². The normalized spacial score (nSPS) is 26.0. The molecular formula is C18H32N6O. The topological polar surface area (TPSA) is 68.9 Å². The maximum absolute atomic E-state index is 5.44. The van der Waals surface area contributed by atoms with Crippen molar-refractivity contribution in [2.24, 2.45) is 4.99 Å². The van der Waals surface area contributed by atoms with E-state index in [1.807, 2.05) is 0 Å². The number of nitrogens with zero attached hydrogens (tertiary/aromatic N) is 4. The quantitative estimate of drug-likeness (QED) is 0.563. The summed E-state index contributed by atoms with van der Waals surface area (Å²) < 4.78 is 5.44. The lowest BCUT2D eigenvalue weighted by atomic mass is 10.1. The first-order valence-electron chi connectivity index (χ1n) is 9.70. The zero-order valence-corrected chi connectivity index (χ0v) is 15.8. The zero-order chi connectivity index (χ0) is 17.6. The number of piperazine rings is 3. The summed E-state index contributed by atoms with van der Waals surface area (Å²) in [5, 5.41) is 11.1. The molecule has 140 valence electrons. The van der Waals surface area contributed by atoms with E-state index >= 15 is 0 Å². The number of guanidine groups is 1.